The van der Waals surface area contributed by atoms with E-state index in [9.17, 15) is 4.79 Å². The molecule has 0 aliphatic heterocycles. The van der Waals surface area contributed by atoms with E-state index in [0.29, 0.717) is 28.0 Å². The van der Waals surface area contributed by atoms with Gasteiger partial charge in [-0.2, -0.15) is 0 Å². The zero-order valence-electron chi connectivity index (χ0n) is 15.8. The van der Waals surface area contributed by atoms with Crippen molar-refractivity contribution in [1.82, 2.24) is 10.5 Å². The Morgan fingerprint density at radius 3 is 2.46 bits per heavy atom. The fraction of sp³-hybridized carbons (Fsp3) is 0.238. The number of hydrogen-bond acceptors (Lipinski definition) is 4. The normalized spacial score (nSPS) is 11.9. The number of rotatable bonds is 6. The average molecular weight is 419 g/mol. The maximum Gasteiger partial charge on any atom is 0.251 e. The molecule has 3 rings (SSSR count). The Kier molecular flexibility index (Phi) is 6.27. The number of nitrogens with zero attached hydrogens (tertiary/aromatic N) is 1. The molecule has 0 aliphatic carbocycles. The monoisotopic (exact) mass is 418 g/mol. The summed E-state index contributed by atoms with van der Waals surface area (Å²) in [5.74, 6) is 1.22. The van der Waals surface area contributed by atoms with Crippen molar-refractivity contribution in [3.8, 4) is 5.75 Å². The van der Waals surface area contributed by atoms with Gasteiger partial charge in [0.05, 0.1) is 27.3 Å². The molecule has 1 heterocycles. The summed E-state index contributed by atoms with van der Waals surface area (Å²) in [6.07, 6.45) is 0. The Bertz CT molecular complexity index is 964. The Hall–Kier alpha value is -2.50. The van der Waals surface area contributed by atoms with Crippen LogP contribution in [0.4, 0.5) is 0 Å². The molecule has 0 fully saturated rings. The molecule has 28 heavy (non-hydrogen) atoms. The van der Waals surface area contributed by atoms with Gasteiger partial charge in [-0.05, 0) is 62.7 Å². The Morgan fingerprint density at radius 2 is 1.86 bits per heavy atom. The van der Waals surface area contributed by atoms with Gasteiger partial charge < -0.3 is 14.6 Å². The molecule has 0 spiro atoms. The second-order valence-electron chi connectivity index (χ2n) is 6.48. The molecule has 2 aromatic carbocycles. The largest absolute Gasteiger partial charge is 0.489 e. The number of ether oxygens (including phenoxy) is 1. The van der Waals surface area contributed by atoms with Gasteiger partial charge in [0.2, 0.25) is 0 Å². The van der Waals surface area contributed by atoms with E-state index in [4.69, 9.17) is 32.5 Å². The first-order valence-corrected chi connectivity index (χ1v) is 9.51. The van der Waals surface area contributed by atoms with Gasteiger partial charge in [0, 0.05) is 5.56 Å². The second kappa shape index (κ2) is 8.67. The molecule has 1 N–H and O–H groups in total. The minimum absolute atomic E-state index is 0.184. The van der Waals surface area contributed by atoms with Gasteiger partial charge in [0.25, 0.3) is 5.91 Å². The quantitative estimate of drug-likeness (QED) is 0.559. The van der Waals surface area contributed by atoms with Crippen LogP contribution in [0.3, 0.4) is 0 Å². The van der Waals surface area contributed by atoms with Gasteiger partial charge in [0.15, 0.2) is 0 Å². The number of aryl methyl sites for hydroxylation is 2. The summed E-state index contributed by atoms with van der Waals surface area (Å²) < 4.78 is 10.9. The smallest absolute Gasteiger partial charge is 0.251 e. The van der Waals surface area contributed by atoms with Crippen LogP contribution in [0.1, 0.15) is 45.9 Å². The van der Waals surface area contributed by atoms with E-state index in [1.165, 1.54) is 0 Å². The molecule has 1 atom stereocenters. The number of nitrogens with one attached hydrogen (secondary N) is 1. The molecule has 0 radical (unpaired) electrons. The molecule has 1 unspecified atom stereocenters. The van der Waals surface area contributed by atoms with Crippen molar-refractivity contribution < 1.29 is 14.1 Å². The molecule has 146 valence electrons. The molecule has 7 heteroatoms. The molecular formula is C21H20Cl2N2O3. The van der Waals surface area contributed by atoms with Crippen molar-refractivity contribution >= 4 is 29.1 Å². The van der Waals surface area contributed by atoms with Crippen LogP contribution in [0.15, 0.2) is 47.0 Å². The minimum Gasteiger partial charge on any atom is -0.489 e. The van der Waals surface area contributed by atoms with E-state index in [0.717, 1.165) is 22.6 Å². The number of hydrogen-bond donors (Lipinski definition) is 1. The topological polar surface area (TPSA) is 64.4 Å². The first-order valence-electron chi connectivity index (χ1n) is 8.75. The molecule has 0 bridgehead atoms. The lowest BCUT2D eigenvalue weighted by Gasteiger charge is -2.15. The summed E-state index contributed by atoms with van der Waals surface area (Å²) in [5.41, 5.74) is 3.15. The number of benzene rings is 2. The zero-order valence-corrected chi connectivity index (χ0v) is 17.3. The van der Waals surface area contributed by atoms with E-state index < -0.39 is 0 Å². The van der Waals surface area contributed by atoms with Crippen LogP contribution in [0, 0.1) is 13.8 Å². The summed E-state index contributed by atoms with van der Waals surface area (Å²) in [6.45, 7) is 5.97. The average Bonchev–Trinajstić information content (AvgIpc) is 3.00. The first kappa shape index (κ1) is 20.2. The van der Waals surface area contributed by atoms with Crippen molar-refractivity contribution in [2.45, 2.75) is 33.4 Å². The van der Waals surface area contributed by atoms with E-state index in [2.05, 4.69) is 10.5 Å². The third-order valence-corrected chi connectivity index (χ3v) is 5.21. The molecule has 1 amide bonds. The highest BCUT2D eigenvalue weighted by Crippen LogP contribution is 2.26. The number of carbonyl (C=O) groups excluding carboxylic acids is 1. The van der Waals surface area contributed by atoms with Crippen LogP contribution in [0.25, 0.3) is 0 Å². The van der Waals surface area contributed by atoms with Crippen LogP contribution < -0.4 is 10.1 Å². The maximum absolute atomic E-state index is 12.5. The van der Waals surface area contributed by atoms with Crippen molar-refractivity contribution in [2.24, 2.45) is 0 Å². The summed E-state index contributed by atoms with van der Waals surface area (Å²) in [5, 5.41) is 7.79. The lowest BCUT2D eigenvalue weighted by molar-refractivity contribution is 0.0940. The van der Waals surface area contributed by atoms with Crippen LogP contribution in [-0.2, 0) is 6.61 Å². The fourth-order valence-electron chi connectivity index (χ4n) is 2.71. The van der Waals surface area contributed by atoms with Crippen molar-refractivity contribution in [2.75, 3.05) is 0 Å². The van der Waals surface area contributed by atoms with Crippen LogP contribution >= 0.6 is 23.2 Å². The standard InChI is InChI=1S/C21H20Cl2N2O3/c1-12(16-6-9-19(22)20(23)10-16)24-21(26)15-4-7-17(8-5-15)27-11-18-13(2)25-28-14(18)3/h4-10,12H,11H2,1-3H3,(H,24,26). The Morgan fingerprint density at radius 1 is 1.14 bits per heavy atom. The van der Waals surface area contributed by atoms with Crippen molar-refractivity contribution in [3.05, 3.63) is 80.7 Å². The lowest BCUT2D eigenvalue weighted by atomic mass is 10.1. The summed E-state index contributed by atoms with van der Waals surface area (Å²) in [7, 11) is 0. The van der Waals surface area contributed by atoms with Crippen LogP contribution in [0.5, 0.6) is 5.75 Å². The molecule has 1 aromatic heterocycles. The Balaban J connectivity index is 1.60. The van der Waals surface area contributed by atoms with Gasteiger partial charge in [-0.25, -0.2) is 0 Å². The number of aromatic nitrogens is 1. The van der Waals surface area contributed by atoms with Gasteiger partial charge >= 0.3 is 0 Å². The Labute approximate surface area is 173 Å². The molecule has 0 saturated carbocycles. The number of amides is 1. The third-order valence-electron chi connectivity index (χ3n) is 4.47. The third kappa shape index (κ3) is 4.66. The predicted molar refractivity (Wildman–Crippen MR) is 109 cm³/mol. The zero-order chi connectivity index (χ0) is 20.3. The molecule has 5 nitrogen and oxygen atoms in total. The van der Waals surface area contributed by atoms with Crippen LogP contribution in [0.2, 0.25) is 10.0 Å². The van der Waals surface area contributed by atoms with Crippen LogP contribution in [-0.4, -0.2) is 11.1 Å². The predicted octanol–water partition coefficient (Wildman–Crippen LogP) is 5.67. The van der Waals surface area contributed by atoms with Crippen molar-refractivity contribution in [3.63, 3.8) is 0 Å². The number of carbonyl (C=O) groups is 1. The summed E-state index contributed by atoms with van der Waals surface area (Å²) in [6, 6.07) is 12.1. The lowest BCUT2D eigenvalue weighted by Crippen LogP contribution is -2.26. The van der Waals surface area contributed by atoms with Gasteiger partial charge in [-0.1, -0.05) is 34.4 Å². The van der Waals surface area contributed by atoms with E-state index >= 15 is 0 Å². The van der Waals surface area contributed by atoms with Gasteiger partial charge in [-0.15, -0.1) is 0 Å². The minimum atomic E-state index is -0.210. The highest BCUT2D eigenvalue weighted by atomic mass is 35.5. The van der Waals surface area contributed by atoms with Gasteiger partial charge in [0.1, 0.15) is 18.1 Å². The molecule has 3 aromatic rings. The van der Waals surface area contributed by atoms with Crippen molar-refractivity contribution in [1.29, 1.82) is 0 Å². The second-order valence-corrected chi connectivity index (χ2v) is 7.30. The first-order chi connectivity index (χ1) is 13.3. The van der Waals surface area contributed by atoms with E-state index in [1.807, 2.05) is 26.8 Å². The highest BCUT2D eigenvalue weighted by Gasteiger charge is 2.13. The summed E-state index contributed by atoms with van der Waals surface area (Å²) in [4.78, 5) is 12.5. The SMILES string of the molecule is Cc1noc(C)c1COc1ccc(C(=O)NC(C)c2ccc(Cl)c(Cl)c2)cc1. The van der Waals surface area contributed by atoms with Gasteiger partial charge in [-0.3, -0.25) is 4.79 Å². The number of halogens is 2. The van der Waals surface area contributed by atoms with E-state index in [-0.39, 0.29) is 11.9 Å². The summed E-state index contributed by atoms with van der Waals surface area (Å²) >= 11 is 12.0. The molecule has 0 aliphatic rings. The molecular weight excluding hydrogens is 399 g/mol. The fourth-order valence-corrected chi connectivity index (χ4v) is 3.02. The molecule has 0 saturated heterocycles. The highest BCUT2D eigenvalue weighted by molar-refractivity contribution is 6.42. The van der Waals surface area contributed by atoms with E-state index in [1.54, 1.807) is 36.4 Å². The maximum atomic E-state index is 12.5.